The summed E-state index contributed by atoms with van der Waals surface area (Å²) in [5.41, 5.74) is 2.12. The van der Waals surface area contributed by atoms with Crippen molar-refractivity contribution in [3.63, 3.8) is 0 Å². The van der Waals surface area contributed by atoms with E-state index in [4.69, 9.17) is 10.2 Å². The number of aliphatic hydroxyl groups excluding tert-OH is 2. The molecule has 0 aliphatic rings. The van der Waals surface area contributed by atoms with Gasteiger partial charge < -0.3 is 10.2 Å². The number of hydrogen-bond acceptors (Lipinski definition) is 3. The molecule has 80 valence electrons. The summed E-state index contributed by atoms with van der Waals surface area (Å²) in [6, 6.07) is 7.92. The molecule has 0 atom stereocenters. The largest absolute Gasteiger partial charge is 0.396 e. The third-order valence-corrected chi connectivity index (χ3v) is 2.75. The topological polar surface area (TPSA) is 40.5 Å². The van der Waals surface area contributed by atoms with E-state index in [0.29, 0.717) is 0 Å². The van der Waals surface area contributed by atoms with Crippen LogP contribution < -0.4 is 0 Å². The first-order chi connectivity index (χ1) is 7.36. The highest BCUT2D eigenvalue weighted by Crippen LogP contribution is 2.12. The summed E-state index contributed by atoms with van der Waals surface area (Å²) in [4.78, 5) is 0. The van der Waals surface area contributed by atoms with Crippen LogP contribution in [0.2, 0.25) is 0 Å². The maximum Gasteiger partial charge on any atom is 0.104 e. The van der Waals surface area contributed by atoms with Crippen molar-refractivity contribution in [1.82, 2.24) is 0 Å². The first kappa shape index (κ1) is 12.1. The molecule has 2 nitrogen and oxygen atoms in total. The summed E-state index contributed by atoms with van der Waals surface area (Å²) in [7, 11) is 0. The molecule has 1 aromatic rings. The Kier molecular flexibility index (Phi) is 5.94. The van der Waals surface area contributed by atoms with Crippen molar-refractivity contribution in [3.8, 4) is 11.8 Å². The van der Waals surface area contributed by atoms with Gasteiger partial charge in [0.2, 0.25) is 0 Å². The minimum absolute atomic E-state index is 0.108. The lowest BCUT2D eigenvalue weighted by Gasteiger charge is -2.00. The zero-order valence-electron chi connectivity index (χ0n) is 8.44. The van der Waals surface area contributed by atoms with Crippen LogP contribution in [0.4, 0.5) is 0 Å². The van der Waals surface area contributed by atoms with E-state index in [1.54, 1.807) is 11.8 Å². The van der Waals surface area contributed by atoms with Gasteiger partial charge in [0.1, 0.15) is 6.61 Å². The van der Waals surface area contributed by atoms with Crippen molar-refractivity contribution in [2.75, 3.05) is 19.0 Å². The van der Waals surface area contributed by atoms with E-state index in [-0.39, 0.29) is 13.2 Å². The van der Waals surface area contributed by atoms with Gasteiger partial charge in [-0.1, -0.05) is 24.0 Å². The van der Waals surface area contributed by atoms with E-state index >= 15 is 0 Å². The smallest absolute Gasteiger partial charge is 0.104 e. The second-order valence-electron chi connectivity index (χ2n) is 2.94. The highest BCUT2D eigenvalue weighted by Gasteiger charge is 1.94. The van der Waals surface area contributed by atoms with E-state index < -0.39 is 0 Å². The number of hydrogen-bond donors (Lipinski definition) is 2. The summed E-state index contributed by atoms with van der Waals surface area (Å²) in [5.74, 6) is 7.12. The molecule has 0 fully saturated rings. The van der Waals surface area contributed by atoms with E-state index in [9.17, 15) is 0 Å². The van der Waals surface area contributed by atoms with Crippen LogP contribution in [0.5, 0.6) is 0 Å². The molecule has 0 saturated heterocycles. The fourth-order valence-electron chi connectivity index (χ4n) is 1.14. The van der Waals surface area contributed by atoms with E-state index in [0.717, 1.165) is 17.1 Å². The lowest BCUT2D eigenvalue weighted by Crippen LogP contribution is -1.88. The quantitative estimate of drug-likeness (QED) is 0.595. The van der Waals surface area contributed by atoms with Crippen molar-refractivity contribution >= 4 is 11.8 Å². The van der Waals surface area contributed by atoms with Crippen LogP contribution in [-0.4, -0.2) is 29.2 Å². The molecule has 0 radical (unpaired) electrons. The Morgan fingerprint density at radius 3 is 2.87 bits per heavy atom. The van der Waals surface area contributed by atoms with Crippen molar-refractivity contribution in [3.05, 3.63) is 35.4 Å². The highest BCUT2D eigenvalue weighted by molar-refractivity contribution is 7.98. The second kappa shape index (κ2) is 7.36. The minimum Gasteiger partial charge on any atom is -0.396 e. The average molecular weight is 222 g/mol. The van der Waals surface area contributed by atoms with Crippen molar-refractivity contribution in [2.24, 2.45) is 0 Å². The number of aliphatic hydroxyl groups is 2. The normalized spacial score (nSPS) is 9.47. The SMILES string of the molecule is OCC#Cc1cccc(CSCCO)c1. The molecule has 0 heterocycles. The molecule has 2 N–H and O–H groups in total. The van der Waals surface area contributed by atoms with E-state index in [2.05, 4.69) is 11.8 Å². The van der Waals surface area contributed by atoms with Crippen LogP contribution >= 0.6 is 11.8 Å². The summed E-state index contributed by atoms with van der Waals surface area (Å²) in [6.07, 6.45) is 0. The maximum atomic E-state index is 8.64. The number of benzene rings is 1. The molecule has 0 spiro atoms. The molecule has 0 aliphatic heterocycles. The Bertz CT molecular complexity index is 352. The van der Waals surface area contributed by atoms with Crippen LogP contribution in [0.1, 0.15) is 11.1 Å². The predicted octanol–water partition coefficient (Wildman–Crippen LogP) is 1.26. The van der Waals surface area contributed by atoms with Gasteiger partial charge >= 0.3 is 0 Å². The van der Waals surface area contributed by atoms with Crippen LogP contribution in [-0.2, 0) is 5.75 Å². The molecule has 0 bridgehead atoms. The lowest BCUT2D eigenvalue weighted by atomic mass is 10.1. The maximum absolute atomic E-state index is 8.64. The predicted molar refractivity (Wildman–Crippen MR) is 63.7 cm³/mol. The first-order valence-corrected chi connectivity index (χ1v) is 5.89. The molecule has 1 rings (SSSR count). The summed E-state index contributed by atoms with van der Waals surface area (Å²) in [6.45, 7) is 0.109. The highest BCUT2D eigenvalue weighted by atomic mass is 32.2. The zero-order chi connectivity index (χ0) is 10.9. The van der Waals surface area contributed by atoms with Gasteiger partial charge in [-0.15, -0.1) is 0 Å². The van der Waals surface area contributed by atoms with Crippen LogP contribution in [0.25, 0.3) is 0 Å². The Hall–Kier alpha value is -0.950. The van der Waals surface area contributed by atoms with Gasteiger partial charge in [-0.25, -0.2) is 0 Å². The molecule has 0 aromatic heterocycles. The zero-order valence-corrected chi connectivity index (χ0v) is 9.26. The average Bonchev–Trinajstić information content (AvgIpc) is 2.27. The van der Waals surface area contributed by atoms with Gasteiger partial charge in [0.25, 0.3) is 0 Å². The molecular weight excluding hydrogens is 208 g/mol. The number of thioether (sulfide) groups is 1. The third-order valence-electron chi connectivity index (χ3n) is 1.74. The summed E-state index contributed by atoms with van der Waals surface area (Å²) < 4.78 is 0. The molecule has 0 unspecified atom stereocenters. The molecule has 3 heteroatoms. The van der Waals surface area contributed by atoms with E-state index in [1.165, 1.54) is 5.56 Å². The van der Waals surface area contributed by atoms with Crippen molar-refractivity contribution in [2.45, 2.75) is 5.75 Å². The fourth-order valence-corrected chi connectivity index (χ4v) is 1.82. The fraction of sp³-hybridized carbons (Fsp3) is 0.333. The Morgan fingerprint density at radius 2 is 2.13 bits per heavy atom. The molecule has 15 heavy (non-hydrogen) atoms. The molecule has 0 amide bonds. The first-order valence-electron chi connectivity index (χ1n) is 4.74. The van der Waals surface area contributed by atoms with Crippen molar-refractivity contribution < 1.29 is 10.2 Å². The lowest BCUT2D eigenvalue weighted by molar-refractivity contribution is 0.322. The molecular formula is C12H14O2S. The third kappa shape index (κ3) is 4.89. The summed E-state index contributed by atoms with van der Waals surface area (Å²) in [5, 5.41) is 17.2. The molecule has 0 saturated carbocycles. The van der Waals surface area contributed by atoms with Crippen LogP contribution in [0, 0.1) is 11.8 Å². The van der Waals surface area contributed by atoms with Gasteiger partial charge in [-0.2, -0.15) is 11.8 Å². The van der Waals surface area contributed by atoms with Gasteiger partial charge in [0.15, 0.2) is 0 Å². The van der Waals surface area contributed by atoms with Crippen molar-refractivity contribution in [1.29, 1.82) is 0 Å². The monoisotopic (exact) mass is 222 g/mol. The molecule has 1 aromatic carbocycles. The Balaban J connectivity index is 2.57. The Morgan fingerprint density at radius 1 is 1.27 bits per heavy atom. The second-order valence-corrected chi connectivity index (χ2v) is 4.04. The number of rotatable bonds is 4. The van der Waals surface area contributed by atoms with Gasteiger partial charge in [0, 0.05) is 17.1 Å². The molecule has 0 aliphatic carbocycles. The standard InChI is InChI=1S/C12H14O2S/c13-6-2-5-11-3-1-4-12(9-11)10-15-8-7-14/h1,3-4,9,13-14H,6-8,10H2. The Labute approximate surface area is 94.3 Å². The van der Waals surface area contributed by atoms with Crippen LogP contribution in [0.3, 0.4) is 0 Å². The van der Waals surface area contributed by atoms with Gasteiger partial charge in [0.05, 0.1) is 6.61 Å². The minimum atomic E-state index is -0.108. The van der Waals surface area contributed by atoms with Gasteiger partial charge in [-0.3, -0.25) is 0 Å². The summed E-state index contributed by atoms with van der Waals surface area (Å²) >= 11 is 1.69. The van der Waals surface area contributed by atoms with Crippen LogP contribution in [0.15, 0.2) is 24.3 Å². The van der Waals surface area contributed by atoms with E-state index in [1.807, 2.05) is 24.3 Å². The van der Waals surface area contributed by atoms with Gasteiger partial charge in [-0.05, 0) is 17.7 Å².